The zero-order chi connectivity index (χ0) is 19.9. The van der Waals surface area contributed by atoms with Crippen molar-refractivity contribution in [2.75, 3.05) is 26.5 Å². The Bertz CT molecular complexity index is 917. The highest BCUT2D eigenvalue weighted by Gasteiger charge is 2.28. The number of amides is 1. The molecule has 0 unspecified atom stereocenters. The molecular weight excluding hydrogens is 398 g/mol. The van der Waals surface area contributed by atoms with E-state index < -0.39 is 0 Å². The number of amidine groups is 1. The number of thioether (sulfide) groups is 1. The smallest absolute Gasteiger partial charge is 0.239 e. The summed E-state index contributed by atoms with van der Waals surface area (Å²) >= 11 is 7.49. The number of methoxy groups -OCH3 is 2. The lowest BCUT2D eigenvalue weighted by atomic mass is 10.1. The van der Waals surface area contributed by atoms with Gasteiger partial charge in [-0.05, 0) is 30.2 Å². The van der Waals surface area contributed by atoms with Crippen LogP contribution in [0.15, 0.2) is 52.7 Å². The predicted octanol–water partition coefficient (Wildman–Crippen LogP) is 3.87. The third-order valence-electron chi connectivity index (χ3n) is 4.17. The third-order valence-corrected chi connectivity index (χ3v) is 5.47. The normalized spacial score (nSPS) is 15.6. The lowest BCUT2D eigenvalue weighted by Crippen LogP contribution is -2.31. The summed E-state index contributed by atoms with van der Waals surface area (Å²) in [5, 5.41) is 9.51. The van der Waals surface area contributed by atoms with Gasteiger partial charge in [-0.3, -0.25) is 9.69 Å². The number of hydrogen-bond donors (Lipinski definition) is 0. The number of halogens is 1. The van der Waals surface area contributed by atoms with Crippen LogP contribution in [0.5, 0.6) is 11.5 Å². The summed E-state index contributed by atoms with van der Waals surface area (Å²) in [5.41, 5.74) is 1.82. The van der Waals surface area contributed by atoms with Gasteiger partial charge >= 0.3 is 0 Å². The van der Waals surface area contributed by atoms with Crippen LogP contribution in [-0.4, -0.2) is 48.7 Å². The summed E-state index contributed by atoms with van der Waals surface area (Å²) in [6, 6.07) is 13.1. The minimum absolute atomic E-state index is 0.0252. The first-order valence-electron chi connectivity index (χ1n) is 8.62. The molecule has 3 rings (SSSR count). The molecule has 1 aliphatic heterocycles. The molecule has 0 radical (unpaired) electrons. The topological polar surface area (TPSA) is 63.5 Å². The van der Waals surface area contributed by atoms with Gasteiger partial charge < -0.3 is 9.47 Å². The first-order valence-corrected chi connectivity index (χ1v) is 9.98. The van der Waals surface area contributed by atoms with Crippen molar-refractivity contribution in [1.29, 1.82) is 0 Å². The molecule has 0 atom stereocenters. The maximum absolute atomic E-state index is 12.2. The van der Waals surface area contributed by atoms with Crippen molar-refractivity contribution < 1.29 is 14.3 Å². The summed E-state index contributed by atoms with van der Waals surface area (Å²) in [6.07, 6.45) is 2.26. The van der Waals surface area contributed by atoms with Gasteiger partial charge in [-0.25, -0.2) is 0 Å². The van der Waals surface area contributed by atoms with Gasteiger partial charge in [-0.2, -0.15) is 5.10 Å². The molecule has 1 aliphatic rings. The van der Waals surface area contributed by atoms with Crippen molar-refractivity contribution in [2.45, 2.75) is 6.42 Å². The molecule has 2 aromatic carbocycles. The molecule has 0 aliphatic carbocycles. The zero-order valence-corrected chi connectivity index (χ0v) is 17.2. The Hall–Kier alpha value is -2.51. The standard InChI is InChI=1S/C20H20ClN3O3S/c1-26-17-8-7-14(11-18(17)27-2)9-10-24-19(25)13-28-20(24)23-22-12-15-5-3-4-6-16(15)21/h3-8,11-12H,9-10,13H2,1-2H3/b22-12+,23-20+. The van der Waals surface area contributed by atoms with Crippen LogP contribution < -0.4 is 9.47 Å². The molecule has 146 valence electrons. The molecule has 2 aromatic rings. The van der Waals surface area contributed by atoms with E-state index in [1.54, 1.807) is 31.4 Å². The molecule has 0 saturated carbocycles. The Morgan fingerprint density at radius 1 is 1.18 bits per heavy atom. The van der Waals surface area contributed by atoms with Crippen LogP contribution >= 0.6 is 23.4 Å². The second-order valence-corrected chi connectivity index (χ2v) is 7.27. The van der Waals surface area contributed by atoms with Gasteiger partial charge in [-0.1, -0.05) is 47.6 Å². The predicted molar refractivity (Wildman–Crippen MR) is 114 cm³/mol. The molecule has 1 heterocycles. The number of nitrogens with zero attached hydrogens (tertiary/aromatic N) is 3. The lowest BCUT2D eigenvalue weighted by molar-refractivity contribution is -0.124. The summed E-state index contributed by atoms with van der Waals surface area (Å²) in [4.78, 5) is 13.9. The van der Waals surface area contributed by atoms with Crippen molar-refractivity contribution in [3.63, 3.8) is 0 Å². The molecule has 8 heteroatoms. The van der Waals surface area contributed by atoms with E-state index in [4.69, 9.17) is 21.1 Å². The Morgan fingerprint density at radius 3 is 2.71 bits per heavy atom. The number of carbonyl (C=O) groups is 1. The van der Waals surface area contributed by atoms with Gasteiger partial charge in [-0.15, -0.1) is 5.10 Å². The van der Waals surface area contributed by atoms with Crippen LogP contribution in [-0.2, 0) is 11.2 Å². The fraction of sp³-hybridized carbons (Fsp3) is 0.250. The Balaban J connectivity index is 1.68. The van der Waals surface area contributed by atoms with Gasteiger partial charge in [0.1, 0.15) is 0 Å². The number of benzene rings is 2. The van der Waals surface area contributed by atoms with E-state index >= 15 is 0 Å². The van der Waals surface area contributed by atoms with Crippen LogP contribution in [0.2, 0.25) is 5.02 Å². The lowest BCUT2D eigenvalue weighted by Gasteiger charge is -2.16. The largest absolute Gasteiger partial charge is 0.493 e. The van der Waals surface area contributed by atoms with Crippen molar-refractivity contribution >= 4 is 40.7 Å². The molecular formula is C20H20ClN3O3S. The van der Waals surface area contributed by atoms with Gasteiger partial charge in [0.05, 0.1) is 26.2 Å². The Morgan fingerprint density at radius 2 is 1.96 bits per heavy atom. The third kappa shape index (κ3) is 4.85. The average molecular weight is 418 g/mol. The highest BCUT2D eigenvalue weighted by molar-refractivity contribution is 8.15. The summed E-state index contributed by atoms with van der Waals surface area (Å²) in [5.74, 6) is 1.74. The van der Waals surface area contributed by atoms with Crippen LogP contribution in [0.1, 0.15) is 11.1 Å². The van der Waals surface area contributed by atoms with Crippen molar-refractivity contribution in [2.24, 2.45) is 10.2 Å². The molecule has 1 fully saturated rings. The van der Waals surface area contributed by atoms with E-state index in [1.807, 2.05) is 36.4 Å². The molecule has 0 aromatic heterocycles. The van der Waals surface area contributed by atoms with E-state index in [9.17, 15) is 4.79 Å². The molecule has 0 spiro atoms. The number of carbonyl (C=O) groups excluding carboxylic acids is 1. The van der Waals surface area contributed by atoms with Crippen molar-refractivity contribution in [3.05, 3.63) is 58.6 Å². The second kappa shape index (κ2) is 9.61. The second-order valence-electron chi connectivity index (χ2n) is 5.92. The van der Waals surface area contributed by atoms with E-state index in [2.05, 4.69) is 10.2 Å². The quantitative estimate of drug-likeness (QED) is 0.506. The van der Waals surface area contributed by atoms with Gasteiger partial charge in [0.15, 0.2) is 16.7 Å². The maximum atomic E-state index is 12.2. The monoisotopic (exact) mass is 417 g/mol. The molecule has 6 nitrogen and oxygen atoms in total. The molecule has 28 heavy (non-hydrogen) atoms. The summed E-state index contributed by atoms with van der Waals surface area (Å²) in [7, 11) is 3.20. The van der Waals surface area contributed by atoms with Crippen LogP contribution in [0.4, 0.5) is 0 Å². The first kappa shape index (κ1) is 20.2. The minimum Gasteiger partial charge on any atom is -0.493 e. The number of hydrogen-bond acceptors (Lipinski definition) is 6. The highest BCUT2D eigenvalue weighted by Crippen LogP contribution is 2.28. The van der Waals surface area contributed by atoms with E-state index in [0.717, 1.165) is 11.1 Å². The van der Waals surface area contributed by atoms with Gasteiger partial charge in [0.2, 0.25) is 5.91 Å². The maximum Gasteiger partial charge on any atom is 0.239 e. The van der Waals surface area contributed by atoms with Crippen LogP contribution in [0.3, 0.4) is 0 Å². The van der Waals surface area contributed by atoms with Crippen LogP contribution in [0.25, 0.3) is 0 Å². The van der Waals surface area contributed by atoms with Crippen LogP contribution in [0, 0.1) is 0 Å². The Kier molecular flexibility index (Phi) is 6.95. The zero-order valence-electron chi connectivity index (χ0n) is 15.6. The number of ether oxygens (including phenoxy) is 2. The fourth-order valence-corrected chi connectivity index (χ4v) is 3.74. The highest BCUT2D eigenvalue weighted by atomic mass is 35.5. The van der Waals surface area contributed by atoms with Gasteiger partial charge in [0.25, 0.3) is 0 Å². The molecule has 1 amide bonds. The van der Waals surface area contributed by atoms with Crippen molar-refractivity contribution in [1.82, 2.24) is 4.90 Å². The summed E-state index contributed by atoms with van der Waals surface area (Å²) < 4.78 is 10.6. The molecule has 0 bridgehead atoms. The molecule has 0 N–H and O–H groups in total. The van der Waals surface area contributed by atoms with E-state index in [1.165, 1.54) is 11.8 Å². The van der Waals surface area contributed by atoms with E-state index in [-0.39, 0.29) is 5.91 Å². The molecule has 1 saturated heterocycles. The minimum atomic E-state index is 0.0252. The van der Waals surface area contributed by atoms with Crippen molar-refractivity contribution in [3.8, 4) is 11.5 Å². The fourth-order valence-electron chi connectivity index (χ4n) is 2.69. The Labute approximate surface area is 173 Å². The number of rotatable bonds is 7. The summed E-state index contributed by atoms with van der Waals surface area (Å²) in [6.45, 7) is 0.516. The first-order chi connectivity index (χ1) is 13.6. The van der Waals surface area contributed by atoms with E-state index in [0.29, 0.717) is 40.4 Å². The van der Waals surface area contributed by atoms with Gasteiger partial charge in [0, 0.05) is 17.1 Å². The SMILES string of the molecule is COc1ccc(CCN2C(=O)CS/C2=N/N=C/c2ccccc2Cl)cc1OC. The average Bonchev–Trinajstić information content (AvgIpc) is 3.07.